The minimum absolute atomic E-state index is 0.157. The smallest absolute Gasteiger partial charge is 0.335 e. The van der Waals surface area contributed by atoms with E-state index < -0.39 is 17.8 Å². The molecule has 0 radical (unpaired) electrons. The summed E-state index contributed by atoms with van der Waals surface area (Å²) < 4.78 is 11.1. The molecule has 2 aromatic rings. The number of allylic oxidation sites excluding steroid dienone is 1. The summed E-state index contributed by atoms with van der Waals surface area (Å²) in [6.07, 6.45) is 4.69. The van der Waals surface area contributed by atoms with Crippen LogP contribution in [0.15, 0.2) is 48.0 Å². The molecule has 4 rings (SSSR count). The first kappa shape index (κ1) is 26.0. The Kier molecular flexibility index (Phi) is 7.12. The largest absolute Gasteiger partial charge is 0.496 e. The van der Waals surface area contributed by atoms with Gasteiger partial charge in [-0.25, -0.2) is 9.69 Å². The number of nitrogens with one attached hydrogen (secondary N) is 1. The Morgan fingerprint density at radius 1 is 1.05 bits per heavy atom. The van der Waals surface area contributed by atoms with Gasteiger partial charge in [-0.3, -0.25) is 14.9 Å². The van der Waals surface area contributed by atoms with Gasteiger partial charge < -0.3 is 14.4 Å². The number of fused-ring (bicyclic) bond motifs is 1. The summed E-state index contributed by atoms with van der Waals surface area (Å²) in [5.74, 6) is -0.315. The van der Waals surface area contributed by atoms with E-state index in [-0.39, 0.29) is 11.1 Å². The predicted octanol–water partition coefficient (Wildman–Crippen LogP) is 5.17. The second-order valence-electron chi connectivity index (χ2n) is 9.63. The van der Waals surface area contributed by atoms with Crippen molar-refractivity contribution in [3.63, 3.8) is 0 Å². The van der Waals surface area contributed by atoms with Crippen LogP contribution in [0.5, 0.6) is 11.5 Å². The number of anilines is 2. The number of carbonyl (C=O) groups is 3. The second kappa shape index (κ2) is 10.1. The summed E-state index contributed by atoms with van der Waals surface area (Å²) in [4.78, 5) is 42.1. The van der Waals surface area contributed by atoms with E-state index in [0.717, 1.165) is 34.7 Å². The van der Waals surface area contributed by atoms with Gasteiger partial charge in [-0.1, -0.05) is 13.0 Å². The van der Waals surface area contributed by atoms with E-state index in [0.29, 0.717) is 29.4 Å². The molecular weight excluding hydrogens is 470 g/mol. The zero-order valence-corrected chi connectivity index (χ0v) is 22.2. The molecule has 0 spiro atoms. The maximum absolute atomic E-state index is 13.4. The second-order valence-corrected chi connectivity index (χ2v) is 9.63. The third-order valence-electron chi connectivity index (χ3n) is 6.58. The monoisotopic (exact) mass is 503 g/mol. The molecule has 0 aromatic heterocycles. The molecule has 0 saturated carbocycles. The molecule has 2 aromatic carbocycles. The molecule has 37 heavy (non-hydrogen) atoms. The van der Waals surface area contributed by atoms with Crippen molar-refractivity contribution in [1.29, 1.82) is 0 Å². The highest BCUT2D eigenvalue weighted by molar-refractivity contribution is 6.39. The molecule has 4 amide bonds. The zero-order valence-electron chi connectivity index (χ0n) is 22.2. The average molecular weight is 504 g/mol. The van der Waals surface area contributed by atoms with Crippen LogP contribution in [0.3, 0.4) is 0 Å². The Bertz CT molecular complexity index is 1310. The first-order chi connectivity index (χ1) is 17.6. The SMILES string of the molecule is CCCN1c2cc(OC)c(/C=C3/C(=O)NC(=O)N(c4ccc(OCC)cc4)C3=O)cc2C(C)=CC1(C)C. The van der Waals surface area contributed by atoms with Gasteiger partial charge >= 0.3 is 6.03 Å². The van der Waals surface area contributed by atoms with Gasteiger partial charge in [-0.2, -0.15) is 0 Å². The molecule has 1 saturated heterocycles. The molecule has 2 aliphatic rings. The lowest BCUT2D eigenvalue weighted by Gasteiger charge is -2.43. The lowest BCUT2D eigenvalue weighted by molar-refractivity contribution is -0.122. The Morgan fingerprint density at radius 2 is 1.76 bits per heavy atom. The van der Waals surface area contributed by atoms with Gasteiger partial charge in [0, 0.05) is 29.4 Å². The van der Waals surface area contributed by atoms with Crippen LogP contribution < -0.4 is 24.6 Å². The number of ether oxygens (including phenoxy) is 2. The minimum atomic E-state index is -0.801. The van der Waals surface area contributed by atoms with Crippen molar-refractivity contribution in [1.82, 2.24) is 5.32 Å². The van der Waals surface area contributed by atoms with E-state index in [1.165, 1.54) is 6.08 Å². The number of imide groups is 2. The number of rotatable bonds is 7. The van der Waals surface area contributed by atoms with Crippen LogP contribution in [-0.2, 0) is 9.59 Å². The molecule has 8 heteroatoms. The molecule has 0 bridgehead atoms. The van der Waals surface area contributed by atoms with E-state index in [1.54, 1.807) is 31.4 Å². The van der Waals surface area contributed by atoms with Crippen LogP contribution in [0.2, 0.25) is 0 Å². The van der Waals surface area contributed by atoms with Gasteiger partial charge in [0.1, 0.15) is 17.1 Å². The number of hydrogen-bond acceptors (Lipinski definition) is 6. The fourth-order valence-corrected chi connectivity index (χ4v) is 4.95. The maximum Gasteiger partial charge on any atom is 0.335 e. The van der Waals surface area contributed by atoms with Crippen molar-refractivity contribution in [3.05, 3.63) is 59.2 Å². The Balaban J connectivity index is 1.77. The van der Waals surface area contributed by atoms with E-state index in [9.17, 15) is 14.4 Å². The highest BCUT2D eigenvalue weighted by atomic mass is 16.5. The van der Waals surface area contributed by atoms with Crippen molar-refractivity contribution in [2.24, 2.45) is 0 Å². The minimum Gasteiger partial charge on any atom is -0.496 e. The third kappa shape index (κ3) is 4.83. The van der Waals surface area contributed by atoms with Crippen LogP contribution in [0.25, 0.3) is 11.6 Å². The number of urea groups is 1. The summed E-state index contributed by atoms with van der Waals surface area (Å²) in [7, 11) is 1.56. The van der Waals surface area contributed by atoms with E-state index in [1.807, 2.05) is 19.1 Å². The zero-order chi connectivity index (χ0) is 26.9. The van der Waals surface area contributed by atoms with E-state index in [2.05, 4.69) is 44.0 Å². The fraction of sp³-hybridized carbons (Fsp3) is 0.345. The van der Waals surface area contributed by atoms with Gasteiger partial charge in [-0.05, 0) is 76.1 Å². The van der Waals surface area contributed by atoms with E-state index >= 15 is 0 Å². The first-order valence-electron chi connectivity index (χ1n) is 12.4. The summed E-state index contributed by atoms with van der Waals surface area (Å²) in [5, 5.41) is 2.28. The Morgan fingerprint density at radius 3 is 2.38 bits per heavy atom. The Labute approximate surface area is 217 Å². The number of barbiturate groups is 1. The van der Waals surface area contributed by atoms with Crippen molar-refractivity contribution in [3.8, 4) is 11.5 Å². The van der Waals surface area contributed by atoms with Gasteiger partial charge in [-0.15, -0.1) is 0 Å². The molecule has 2 aliphatic heterocycles. The van der Waals surface area contributed by atoms with Gasteiger partial charge in [0.2, 0.25) is 0 Å². The average Bonchev–Trinajstić information content (AvgIpc) is 2.85. The lowest BCUT2D eigenvalue weighted by atomic mass is 9.87. The number of amides is 4. The molecule has 1 fully saturated rings. The predicted molar refractivity (Wildman–Crippen MR) is 145 cm³/mol. The summed E-state index contributed by atoms with van der Waals surface area (Å²) in [5.41, 5.74) is 3.72. The van der Waals surface area contributed by atoms with Crippen molar-refractivity contribution < 1.29 is 23.9 Å². The maximum atomic E-state index is 13.4. The molecule has 194 valence electrons. The van der Waals surface area contributed by atoms with Crippen molar-refractivity contribution >= 4 is 40.9 Å². The highest BCUT2D eigenvalue weighted by Crippen LogP contribution is 2.43. The van der Waals surface area contributed by atoms with Crippen LogP contribution in [-0.4, -0.2) is 43.6 Å². The summed E-state index contributed by atoms with van der Waals surface area (Å²) in [6.45, 7) is 11.8. The first-order valence-corrected chi connectivity index (χ1v) is 12.4. The molecule has 8 nitrogen and oxygen atoms in total. The normalized spacial score (nSPS) is 17.9. The number of carbonyl (C=O) groups excluding carboxylic acids is 3. The topological polar surface area (TPSA) is 88.2 Å². The quantitative estimate of drug-likeness (QED) is 0.414. The van der Waals surface area contributed by atoms with Crippen LogP contribution in [0.4, 0.5) is 16.2 Å². The lowest BCUT2D eigenvalue weighted by Crippen LogP contribution is -2.54. The Hall–Kier alpha value is -4.07. The third-order valence-corrected chi connectivity index (χ3v) is 6.58. The van der Waals surface area contributed by atoms with E-state index in [4.69, 9.17) is 9.47 Å². The van der Waals surface area contributed by atoms with Crippen molar-refractivity contribution in [2.75, 3.05) is 30.1 Å². The summed E-state index contributed by atoms with van der Waals surface area (Å²) in [6, 6.07) is 9.64. The molecule has 2 heterocycles. The number of nitrogens with zero attached hydrogens (tertiary/aromatic N) is 2. The highest BCUT2D eigenvalue weighted by Gasteiger charge is 2.37. The molecule has 0 unspecified atom stereocenters. The van der Waals surface area contributed by atoms with Crippen LogP contribution in [0.1, 0.15) is 52.2 Å². The van der Waals surface area contributed by atoms with Gasteiger partial charge in [0.05, 0.1) is 24.9 Å². The van der Waals surface area contributed by atoms with Crippen LogP contribution in [0, 0.1) is 0 Å². The van der Waals surface area contributed by atoms with Crippen molar-refractivity contribution in [2.45, 2.75) is 46.6 Å². The number of benzene rings is 2. The number of hydrogen-bond donors (Lipinski definition) is 1. The number of methoxy groups -OCH3 is 1. The summed E-state index contributed by atoms with van der Waals surface area (Å²) >= 11 is 0. The molecule has 0 aliphatic carbocycles. The molecule has 0 atom stereocenters. The van der Waals surface area contributed by atoms with Gasteiger partial charge in [0.25, 0.3) is 11.8 Å². The standard InChI is InChI=1S/C29H33N3O5/c1-7-13-31-24-16-25(36-6)19(14-22(24)18(3)17-29(31,4)5)15-23-26(33)30-28(35)32(27(23)34)20-9-11-21(12-10-20)37-8-2/h9-12,14-17H,7-8,13H2,1-6H3,(H,30,33,35)/b23-15-. The molecular formula is C29H33N3O5. The van der Waals surface area contributed by atoms with Gasteiger partial charge in [0.15, 0.2) is 0 Å². The fourth-order valence-electron chi connectivity index (χ4n) is 4.95. The molecule has 1 N–H and O–H groups in total. The van der Waals surface area contributed by atoms with Crippen LogP contribution >= 0.6 is 0 Å².